The molecule has 0 aliphatic heterocycles. The molecule has 0 saturated carbocycles. The van der Waals surface area contributed by atoms with E-state index in [2.05, 4.69) is 54.0 Å². The van der Waals surface area contributed by atoms with Crippen LogP contribution in [-0.2, 0) is 6.54 Å². The Morgan fingerprint density at radius 1 is 1.00 bits per heavy atom. The van der Waals surface area contributed by atoms with Crippen LogP contribution in [-0.4, -0.2) is 37.1 Å². The largest absolute Gasteiger partial charge is 0.311 e. The van der Waals surface area contributed by atoms with E-state index in [-0.39, 0.29) is 0 Å². The normalized spacial score (nSPS) is 11.2. The molecule has 0 aliphatic rings. The lowest BCUT2D eigenvalue weighted by Crippen LogP contribution is -2.26. The van der Waals surface area contributed by atoms with Crippen LogP contribution in [0.2, 0.25) is 5.02 Å². The molecule has 5 heteroatoms. The molecule has 0 unspecified atom stereocenters. The van der Waals surface area contributed by atoms with Gasteiger partial charge in [-0.2, -0.15) is 0 Å². The van der Waals surface area contributed by atoms with Gasteiger partial charge in [-0.15, -0.1) is 11.3 Å². The Labute approximate surface area is 158 Å². The number of benzene rings is 2. The maximum atomic E-state index is 5.95. The van der Waals surface area contributed by atoms with E-state index in [0.717, 1.165) is 46.5 Å². The topological polar surface area (TPSA) is 28.2 Å². The minimum absolute atomic E-state index is 0.746. The van der Waals surface area contributed by atoms with Crippen LogP contribution in [0.3, 0.4) is 0 Å². The van der Waals surface area contributed by atoms with Gasteiger partial charge in [0.1, 0.15) is 5.01 Å². The number of hydrogen-bond acceptors (Lipinski definition) is 4. The number of nitrogens with zero attached hydrogens (tertiary/aromatic N) is 2. The average Bonchev–Trinajstić information content (AvgIpc) is 3.10. The summed E-state index contributed by atoms with van der Waals surface area (Å²) in [7, 11) is 4.17. The molecule has 0 aliphatic carbocycles. The fourth-order valence-corrected chi connectivity index (χ4v) is 3.42. The number of rotatable bonds is 7. The maximum Gasteiger partial charge on any atom is 0.124 e. The fraction of sp³-hybridized carbons (Fsp3) is 0.250. The quantitative estimate of drug-likeness (QED) is 0.605. The number of thiazole rings is 1. The highest BCUT2D eigenvalue weighted by atomic mass is 35.5. The zero-order valence-corrected chi connectivity index (χ0v) is 16.1. The predicted molar refractivity (Wildman–Crippen MR) is 108 cm³/mol. The van der Waals surface area contributed by atoms with Crippen LogP contribution in [0.15, 0.2) is 53.9 Å². The second-order valence-electron chi connectivity index (χ2n) is 6.22. The zero-order valence-electron chi connectivity index (χ0n) is 14.5. The lowest BCUT2D eigenvalue weighted by molar-refractivity contribution is 0.400. The second-order valence-corrected chi connectivity index (χ2v) is 7.52. The molecule has 0 atom stereocenters. The van der Waals surface area contributed by atoms with E-state index in [1.165, 1.54) is 5.56 Å². The van der Waals surface area contributed by atoms with Gasteiger partial charge < -0.3 is 10.2 Å². The molecule has 2 aromatic carbocycles. The van der Waals surface area contributed by atoms with E-state index in [9.17, 15) is 0 Å². The number of likely N-dealkylation sites (N-methyl/N-ethyl adjacent to an activating group) is 1. The van der Waals surface area contributed by atoms with Crippen LogP contribution >= 0.6 is 22.9 Å². The number of halogens is 1. The average molecular weight is 372 g/mol. The Morgan fingerprint density at radius 2 is 1.68 bits per heavy atom. The number of aromatic nitrogens is 1. The Balaban J connectivity index is 1.63. The first-order valence-electron chi connectivity index (χ1n) is 8.28. The standard InChI is InChI=1S/C20H22ClN3S/c1-24(2)12-11-22-13-15-3-5-16(6-4-15)19-14-25-20(23-19)17-7-9-18(21)10-8-17/h3-10,14,22H,11-13H2,1-2H3. The molecule has 1 N–H and O–H groups in total. The molecule has 0 radical (unpaired) electrons. The molecule has 3 nitrogen and oxygen atoms in total. The third kappa shape index (κ3) is 5.13. The summed E-state index contributed by atoms with van der Waals surface area (Å²) in [4.78, 5) is 6.94. The molecule has 25 heavy (non-hydrogen) atoms. The van der Waals surface area contributed by atoms with Gasteiger partial charge >= 0.3 is 0 Å². The van der Waals surface area contributed by atoms with E-state index < -0.39 is 0 Å². The van der Waals surface area contributed by atoms with E-state index in [1.807, 2.05) is 24.3 Å². The highest BCUT2D eigenvalue weighted by Crippen LogP contribution is 2.29. The van der Waals surface area contributed by atoms with Crippen LogP contribution in [0.1, 0.15) is 5.56 Å². The molecule has 1 aromatic heterocycles. The molecule has 1 heterocycles. The lowest BCUT2D eigenvalue weighted by atomic mass is 10.1. The van der Waals surface area contributed by atoms with Gasteiger partial charge in [0, 0.05) is 41.2 Å². The van der Waals surface area contributed by atoms with Crippen LogP contribution < -0.4 is 5.32 Å². The summed E-state index contributed by atoms with van der Waals surface area (Å²) >= 11 is 7.61. The summed E-state index contributed by atoms with van der Waals surface area (Å²) < 4.78 is 0. The first kappa shape index (κ1) is 18.1. The van der Waals surface area contributed by atoms with Crippen molar-refractivity contribution in [3.63, 3.8) is 0 Å². The van der Waals surface area contributed by atoms with Gasteiger partial charge in [0.15, 0.2) is 0 Å². The van der Waals surface area contributed by atoms with Crippen LogP contribution in [0, 0.1) is 0 Å². The molecule has 3 rings (SSSR count). The SMILES string of the molecule is CN(C)CCNCc1ccc(-c2csc(-c3ccc(Cl)cc3)n2)cc1. The van der Waals surface area contributed by atoms with Gasteiger partial charge in [-0.05, 0) is 31.8 Å². The minimum Gasteiger partial charge on any atom is -0.311 e. The summed E-state index contributed by atoms with van der Waals surface area (Å²) in [5.41, 5.74) is 4.55. The van der Waals surface area contributed by atoms with E-state index in [1.54, 1.807) is 11.3 Å². The smallest absolute Gasteiger partial charge is 0.124 e. The summed E-state index contributed by atoms with van der Waals surface area (Å²) in [6.45, 7) is 2.93. The molecule has 0 fully saturated rings. The first-order chi connectivity index (χ1) is 12.1. The van der Waals surface area contributed by atoms with Crippen molar-refractivity contribution in [2.24, 2.45) is 0 Å². The Kier molecular flexibility index (Phi) is 6.21. The molecular weight excluding hydrogens is 350 g/mol. The van der Waals surface area contributed by atoms with E-state index in [4.69, 9.17) is 16.6 Å². The number of nitrogens with one attached hydrogen (secondary N) is 1. The van der Waals surface area contributed by atoms with Gasteiger partial charge in [0.05, 0.1) is 5.69 Å². The summed E-state index contributed by atoms with van der Waals surface area (Å²) in [5, 5.41) is 7.32. The third-order valence-corrected chi connectivity index (χ3v) is 5.05. The van der Waals surface area contributed by atoms with Gasteiger partial charge in [-0.1, -0.05) is 48.0 Å². The Morgan fingerprint density at radius 3 is 2.36 bits per heavy atom. The molecule has 0 spiro atoms. The molecule has 130 valence electrons. The van der Waals surface area contributed by atoms with Crippen LogP contribution in [0.4, 0.5) is 0 Å². The van der Waals surface area contributed by atoms with E-state index >= 15 is 0 Å². The van der Waals surface area contributed by atoms with E-state index in [0.29, 0.717) is 0 Å². The molecular formula is C20H22ClN3S. The van der Waals surface area contributed by atoms with Crippen molar-refractivity contribution in [1.82, 2.24) is 15.2 Å². The molecule has 3 aromatic rings. The monoisotopic (exact) mass is 371 g/mol. The van der Waals surface area contributed by atoms with Crippen molar-refractivity contribution in [1.29, 1.82) is 0 Å². The van der Waals surface area contributed by atoms with Crippen molar-refractivity contribution >= 4 is 22.9 Å². The van der Waals surface area contributed by atoms with Gasteiger partial charge in [-0.25, -0.2) is 4.98 Å². The van der Waals surface area contributed by atoms with Gasteiger partial charge in [-0.3, -0.25) is 0 Å². The molecule has 0 saturated heterocycles. The lowest BCUT2D eigenvalue weighted by Gasteiger charge is -2.10. The summed E-state index contributed by atoms with van der Waals surface area (Å²) in [5.74, 6) is 0. The Hall–Kier alpha value is -1.72. The van der Waals surface area contributed by atoms with Gasteiger partial charge in [0.25, 0.3) is 0 Å². The van der Waals surface area contributed by atoms with Crippen LogP contribution in [0.25, 0.3) is 21.8 Å². The summed E-state index contributed by atoms with van der Waals surface area (Å²) in [6, 6.07) is 16.4. The third-order valence-electron chi connectivity index (χ3n) is 3.91. The van der Waals surface area contributed by atoms with Gasteiger partial charge in [0.2, 0.25) is 0 Å². The zero-order chi connectivity index (χ0) is 17.6. The number of hydrogen-bond donors (Lipinski definition) is 1. The van der Waals surface area contributed by atoms with Crippen molar-refractivity contribution in [2.45, 2.75) is 6.54 Å². The second kappa shape index (κ2) is 8.59. The van der Waals surface area contributed by atoms with Crippen molar-refractivity contribution in [2.75, 3.05) is 27.2 Å². The van der Waals surface area contributed by atoms with Crippen molar-refractivity contribution in [3.05, 3.63) is 64.5 Å². The Bertz CT molecular complexity index is 795. The highest BCUT2D eigenvalue weighted by Gasteiger charge is 2.07. The van der Waals surface area contributed by atoms with Crippen LogP contribution in [0.5, 0.6) is 0 Å². The molecule has 0 amide bonds. The first-order valence-corrected chi connectivity index (χ1v) is 9.54. The fourth-order valence-electron chi connectivity index (χ4n) is 2.46. The maximum absolute atomic E-state index is 5.95. The summed E-state index contributed by atoms with van der Waals surface area (Å²) in [6.07, 6.45) is 0. The van der Waals surface area contributed by atoms with Crippen molar-refractivity contribution in [3.8, 4) is 21.8 Å². The molecule has 0 bridgehead atoms. The highest BCUT2D eigenvalue weighted by molar-refractivity contribution is 7.13. The van der Waals surface area contributed by atoms with Crippen molar-refractivity contribution < 1.29 is 0 Å². The predicted octanol–water partition coefficient (Wildman–Crippen LogP) is 4.78. The minimum atomic E-state index is 0.746.